The van der Waals surface area contributed by atoms with Gasteiger partial charge >= 0.3 is 13.1 Å². The summed E-state index contributed by atoms with van der Waals surface area (Å²) in [4.78, 5) is 13.3. The maximum atomic E-state index is 12.2. The van der Waals surface area contributed by atoms with E-state index in [0.717, 1.165) is 0 Å². The molecule has 1 amide bonds. The van der Waals surface area contributed by atoms with Crippen molar-refractivity contribution in [2.45, 2.75) is 52.0 Å². The maximum Gasteiger partial charge on any atom is 0.478 e. The van der Waals surface area contributed by atoms with E-state index in [9.17, 15) is 17.7 Å². The monoisotopic (exact) mass is 280 g/mol. The second-order valence-electron chi connectivity index (χ2n) is 6.20. The van der Waals surface area contributed by atoms with Gasteiger partial charge in [0.2, 0.25) is 0 Å². The lowest BCUT2D eigenvalue weighted by Crippen LogP contribution is -2.41. The van der Waals surface area contributed by atoms with Crippen LogP contribution in [0.2, 0.25) is 6.32 Å². The summed E-state index contributed by atoms with van der Waals surface area (Å²) < 4.78 is 41.8. The van der Waals surface area contributed by atoms with Crippen molar-refractivity contribution in [2.75, 3.05) is 13.1 Å². The Hall–Kier alpha value is -0.875. The Morgan fingerprint density at radius 2 is 1.79 bits per heavy atom. The smallest absolute Gasteiger partial charge is 0.449 e. The van der Waals surface area contributed by atoms with Crippen molar-refractivity contribution in [1.82, 2.24) is 4.90 Å². The highest BCUT2D eigenvalue weighted by atomic mass is 19.4. The molecule has 1 aliphatic heterocycles. The molecule has 7 heteroatoms. The van der Waals surface area contributed by atoms with Crippen LogP contribution in [0, 0.1) is 5.92 Å². The molecule has 0 aromatic heterocycles. The van der Waals surface area contributed by atoms with Gasteiger partial charge in [-0.05, 0) is 39.5 Å². The van der Waals surface area contributed by atoms with Crippen LogP contribution in [-0.4, -0.2) is 36.7 Å². The number of piperidine rings is 1. The molecule has 112 valence electrons. The predicted molar refractivity (Wildman–Crippen MR) is 69.0 cm³/mol. The molecule has 0 unspecified atom stereocenters. The lowest BCUT2D eigenvalue weighted by atomic mass is 9.78. The standard InChI is InChI=1S/C12H22BF3NO2/c1-12(2,3)19-11(18)17-8-5-10(6-9-17)4-7-13(14,15)16/h10H,4-9H2,1-3H3/q-1. The molecule has 0 radical (unpaired) electrons. The quantitative estimate of drug-likeness (QED) is 0.734. The highest BCUT2D eigenvalue weighted by molar-refractivity contribution is 6.58. The molecule has 0 aromatic rings. The van der Waals surface area contributed by atoms with Gasteiger partial charge in [-0.3, -0.25) is 0 Å². The molecule has 19 heavy (non-hydrogen) atoms. The van der Waals surface area contributed by atoms with Gasteiger partial charge in [-0.1, -0.05) is 12.7 Å². The first kappa shape index (κ1) is 16.2. The molecular formula is C12H22BF3NO2-. The number of nitrogens with zero attached hydrogens (tertiary/aromatic N) is 1. The molecule has 0 N–H and O–H groups in total. The van der Waals surface area contributed by atoms with Crippen molar-refractivity contribution < 1.29 is 22.5 Å². The van der Waals surface area contributed by atoms with E-state index in [0.29, 0.717) is 25.9 Å². The van der Waals surface area contributed by atoms with Crippen LogP contribution >= 0.6 is 0 Å². The van der Waals surface area contributed by atoms with Crippen LogP contribution in [0.5, 0.6) is 0 Å². The Balaban J connectivity index is 2.31. The SMILES string of the molecule is CC(C)(C)OC(=O)N1CCC(CC[B-](F)(F)F)CC1. The van der Waals surface area contributed by atoms with E-state index in [1.54, 1.807) is 25.7 Å². The van der Waals surface area contributed by atoms with Crippen molar-refractivity contribution in [3.8, 4) is 0 Å². The number of likely N-dealkylation sites (tertiary alicyclic amines) is 1. The van der Waals surface area contributed by atoms with Gasteiger partial charge in [-0.2, -0.15) is 0 Å². The first-order valence-electron chi connectivity index (χ1n) is 6.76. The number of hydrogen-bond acceptors (Lipinski definition) is 2. The first-order chi connectivity index (χ1) is 8.57. The lowest BCUT2D eigenvalue weighted by Gasteiger charge is -2.34. The van der Waals surface area contributed by atoms with Gasteiger partial charge in [0.1, 0.15) is 5.60 Å². The average Bonchev–Trinajstić information content (AvgIpc) is 2.23. The molecule has 0 bridgehead atoms. The summed E-state index contributed by atoms with van der Waals surface area (Å²) in [5.74, 6) is 0.0715. The number of amides is 1. The minimum atomic E-state index is -4.68. The number of carbonyl (C=O) groups is 1. The van der Waals surface area contributed by atoms with E-state index < -0.39 is 18.9 Å². The molecule has 0 aromatic carbocycles. The second kappa shape index (κ2) is 6.05. The van der Waals surface area contributed by atoms with Gasteiger partial charge in [0, 0.05) is 13.1 Å². The summed E-state index contributed by atoms with van der Waals surface area (Å²) >= 11 is 0. The van der Waals surface area contributed by atoms with Crippen molar-refractivity contribution in [1.29, 1.82) is 0 Å². The topological polar surface area (TPSA) is 29.5 Å². The third-order valence-electron chi connectivity index (χ3n) is 3.17. The number of carbonyl (C=O) groups excluding carboxylic acids is 1. The highest BCUT2D eigenvalue weighted by Gasteiger charge is 2.29. The Morgan fingerprint density at radius 3 is 2.21 bits per heavy atom. The zero-order valence-electron chi connectivity index (χ0n) is 11.8. The molecule has 1 rings (SSSR count). The molecule has 3 nitrogen and oxygen atoms in total. The fourth-order valence-electron chi connectivity index (χ4n) is 2.16. The van der Waals surface area contributed by atoms with Crippen LogP contribution in [0.25, 0.3) is 0 Å². The van der Waals surface area contributed by atoms with Gasteiger partial charge in [0.05, 0.1) is 0 Å². The van der Waals surface area contributed by atoms with Gasteiger partial charge in [0.15, 0.2) is 0 Å². The summed E-state index contributed by atoms with van der Waals surface area (Å²) in [5.41, 5.74) is -0.535. The van der Waals surface area contributed by atoms with Crippen LogP contribution in [0.15, 0.2) is 0 Å². The van der Waals surface area contributed by atoms with Gasteiger partial charge < -0.3 is 22.6 Å². The van der Waals surface area contributed by atoms with Crippen LogP contribution in [-0.2, 0) is 4.74 Å². The molecule has 1 heterocycles. The van der Waals surface area contributed by atoms with Crippen LogP contribution in [0.1, 0.15) is 40.0 Å². The van der Waals surface area contributed by atoms with E-state index in [1.807, 2.05) is 0 Å². The Morgan fingerprint density at radius 1 is 1.26 bits per heavy atom. The second-order valence-corrected chi connectivity index (χ2v) is 6.20. The van der Waals surface area contributed by atoms with Crippen molar-refractivity contribution in [3.05, 3.63) is 0 Å². The zero-order valence-corrected chi connectivity index (χ0v) is 11.8. The number of halogens is 3. The average molecular weight is 280 g/mol. The third kappa shape index (κ3) is 6.73. The van der Waals surface area contributed by atoms with Crippen molar-refractivity contribution in [2.24, 2.45) is 5.92 Å². The number of hydrogen-bond donors (Lipinski definition) is 0. The lowest BCUT2D eigenvalue weighted by molar-refractivity contribution is 0.0182. The van der Waals surface area contributed by atoms with Crippen molar-refractivity contribution >= 4 is 13.1 Å². The van der Waals surface area contributed by atoms with Gasteiger partial charge in [-0.15, -0.1) is 0 Å². The van der Waals surface area contributed by atoms with Crippen LogP contribution < -0.4 is 0 Å². The fourth-order valence-corrected chi connectivity index (χ4v) is 2.16. The van der Waals surface area contributed by atoms with Crippen molar-refractivity contribution in [3.63, 3.8) is 0 Å². The number of rotatable bonds is 3. The van der Waals surface area contributed by atoms with E-state index in [1.165, 1.54) is 0 Å². The highest BCUT2D eigenvalue weighted by Crippen LogP contribution is 2.27. The fraction of sp³-hybridized carbons (Fsp3) is 0.917. The number of ether oxygens (including phenoxy) is 1. The molecule has 1 aliphatic rings. The molecule has 0 spiro atoms. The summed E-state index contributed by atoms with van der Waals surface area (Å²) in [7, 11) is 0. The summed E-state index contributed by atoms with van der Waals surface area (Å²) in [6.07, 6.45) is 0.408. The Bertz CT molecular complexity index is 307. The Labute approximate surface area is 112 Å². The zero-order chi connectivity index (χ0) is 14.7. The van der Waals surface area contributed by atoms with E-state index >= 15 is 0 Å². The summed E-state index contributed by atoms with van der Waals surface area (Å²) in [5, 5.41) is 0. The summed E-state index contributed by atoms with van der Waals surface area (Å²) in [6, 6.07) is 0. The molecule has 1 fully saturated rings. The van der Waals surface area contributed by atoms with E-state index in [2.05, 4.69) is 0 Å². The largest absolute Gasteiger partial charge is 0.478 e. The first-order valence-corrected chi connectivity index (χ1v) is 6.76. The third-order valence-corrected chi connectivity index (χ3v) is 3.17. The van der Waals surface area contributed by atoms with E-state index in [4.69, 9.17) is 4.74 Å². The maximum absolute atomic E-state index is 12.2. The normalized spacial score (nSPS) is 18.5. The molecular weight excluding hydrogens is 258 g/mol. The van der Waals surface area contributed by atoms with E-state index in [-0.39, 0.29) is 18.4 Å². The molecule has 1 saturated heterocycles. The molecule has 0 atom stereocenters. The van der Waals surface area contributed by atoms with Gasteiger partial charge in [0.25, 0.3) is 0 Å². The minimum absolute atomic E-state index is 0.0715. The minimum Gasteiger partial charge on any atom is -0.449 e. The molecule has 0 aliphatic carbocycles. The predicted octanol–water partition coefficient (Wildman–Crippen LogP) is 3.87. The van der Waals surface area contributed by atoms with Crippen LogP contribution in [0.3, 0.4) is 0 Å². The summed E-state index contributed by atoms with van der Waals surface area (Å²) in [6.45, 7) is 1.68. The molecule has 0 saturated carbocycles. The van der Waals surface area contributed by atoms with Gasteiger partial charge in [-0.25, -0.2) is 4.79 Å². The Kier molecular flexibility index (Phi) is 5.15. The van der Waals surface area contributed by atoms with Crippen LogP contribution in [0.4, 0.5) is 17.7 Å².